The highest BCUT2D eigenvalue weighted by molar-refractivity contribution is 6.30. The Morgan fingerprint density at radius 1 is 1.11 bits per heavy atom. The summed E-state index contributed by atoms with van der Waals surface area (Å²) in [7, 11) is 0. The number of anilines is 1. The standard InChI is InChI=1S/C19H18ClNO6/c1-19(2,27-14-6-3-12(20)4-7-14)18(23)24-10-17(22)21-13-5-8-15-16(9-13)26-11-25-15/h3-9H,10-11H2,1-2H3,(H,21,22). The first-order valence-corrected chi connectivity index (χ1v) is 8.52. The molecule has 27 heavy (non-hydrogen) atoms. The molecule has 1 heterocycles. The van der Waals surface area contributed by atoms with Crippen LogP contribution in [0.1, 0.15) is 13.8 Å². The van der Waals surface area contributed by atoms with E-state index in [0.717, 1.165) is 0 Å². The number of hydrogen-bond acceptors (Lipinski definition) is 6. The first-order valence-electron chi connectivity index (χ1n) is 8.15. The Bertz CT molecular complexity index is 850. The summed E-state index contributed by atoms with van der Waals surface area (Å²) < 4.78 is 21.1. The summed E-state index contributed by atoms with van der Waals surface area (Å²) >= 11 is 5.82. The molecule has 2 aromatic carbocycles. The minimum Gasteiger partial charge on any atom is -0.476 e. The lowest BCUT2D eigenvalue weighted by atomic mass is 10.1. The molecule has 2 aromatic rings. The van der Waals surface area contributed by atoms with E-state index in [0.29, 0.717) is 28.0 Å². The van der Waals surface area contributed by atoms with Crippen LogP contribution in [0.4, 0.5) is 5.69 Å². The van der Waals surface area contributed by atoms with Crippen LogP contribution in [-0.2, 0) is 14.3 Å². The van der Waals surface area contributed by atoms with Crippen molar-refractivity contribution in [2.75, 3.05) is 18.7 Å². The van der Waals surface area contributed by atoms with Gasteiger partial charge in [0.2, 0.25) is 6.79 Å². The van der Waals surface area contributed by atoms with Gasteiger partial charge in [-0.05, 0) is 50.2 Å². The van der Waals surface area contributed by atoms with Gasteiger partial charge in [0.1, 0.15) is 5.75 Å². The van der Waals surface area contributed by atoms with Crippen LogP contribution in [0.2, 0.25) is 5.02 Å². The number of amides is 1. The van der Waals surface area contributed by atoms with E-state index in [-0.39, 0.29) is 6.79 Å². The minimum absolute atomic E-state index is 0.146. The van der Waals surface area contributed by atoms with Gasteiger partial charge in [0.15, 0.2) is 23.7 Å². The van der Waals surface area contributed by atoms with Gasteiger partial charge < -0.3 is 24.3 Å². The first-order chi connectivity index (χ1) is 12.8. The second-order valence-corrected chi connectivity index (χ2v) is 6.70. The summed E-state index contributed by atoms with van der Waals surface area (Å²) in [6.07, 6.45) is 0. The Labute approximate surface area is 161 Å². The third-order valence-corrected chi connectivity index (χ3v) is 3.92. The summed E-state index contributed by atoms with van der Waals surface area (Å²) in [4.78, 5) is 24.3. The molecule has 0 saturated heterocycles. The van der Waals surface area contributed by atoms with Gasteiger partial charge in [-0.3, -0.25) is 4.79 Å². The molecule has 142 valence electrons. The Balaban J connectivity index is 1.51. The van der Waals surface area contributed by atoms with Gasteiger partial charge >= 0.3 is 5.97 Å². The predicted octanol–water partition coefficient (Wildman–Crippen LogP) is 3.41. The fraction of sp³-hybridized carbons (Fsp3) is 0.263. The molecule has 3 rings (SSSR count). The summed E-state index contributed by atoms with van der Waals surface area (Å²) in [6, 6.07) is 11.6. The third kappa shape index (κ3) is 4.83. The summed E-state index contributed by atoms with van der Waals surface area (Å²) in [5.41, 5.74) is -0.760. The fourth-order valence-corrected chi connectivity index (χ4v) is 2.44. The molecular formula is C19H18ClNO6. The number of fused-ring (bicyclic) bond motifs is 1. The molecule has 8 heteroatoms. The van der Waals surface area contributed by atoms with E-state index in [9.17, 15) is 9.59 Å². The van der Waals surface area contributed by atoms with E-state index >= 15 is 0 Å². The zero-order valence-corrected chi connectivity index (χ0v) is 15.5. The SMILES string of the molecule is CC(C)(Oc1ccc(Cl)cc1)C(=O)OCC(=O)Nc1ccc2c(c1)OCO2. The van der Waals surface area contributed by atoms with Crippen molar-refractivity contribution in [2.24, 2.45) is 0 Å². The van der Waals surface area contributed by atoms with E-state index in [4.69, 9.17) is 30.5 Å². The van der Waals surface area contributed by atoms with Gasteiger partial charge in [-0.2, -0.15) is 0 Å². The number of rotatable bonds is 6. The van der Waals surface area contributed by atoms with E-state index in [1.165, 1.54) is 0 Å². The first kappa shape index (κ1) is 18.8. The normalized spacial score (nSPS) is 12.4. The van der Waals surface area contributed by atoms with Crippen molar-refractivity contribution < 1.29 is 28.5 Å². The Morgan fingerprint density at radius 2 is 1.81 bits per heavy atom. The highest BCUT2D eigenvalue weighted by Crippen LogP contribution is 2.34. The highest BCUT2D eigenvalue weighted by Gasteiger charge is 2.32. The largest absolute Gasteiger partial charge is 0.476 e. The maximum atomic E-state index is 12.3. The Kier molecular flexibility index (Phi) is 5.41. The van der Waals surface area contributed by atoms with Crippen molar-refractivity contribution in [3.05, 3.63) is 47.5 Å². The number of nitrogens with one attached hydrogen (secondary N) is 1. The Morgan fingerprint density at radius 3 is 2.56 bits per heavy atom. The molecular weight excluding hydrogens is 374 g/mol. The number of halogens is 1. The van der Waals surface area contributed by atoms with Crippen LogP contribution < -0.4 is 19.5 Å². The van der Waals surface area contributed by atoms with Crippen LogP contribution in [0.15, 0.2) is 42.5 Å². The van der Waals surface area contributed by atoms with Crippen LogP contribution in [0.5, 0.6) is 17.2 Å². The predicted molar refractivity (Wildman–Crippen MR) is 98.3 cm³/mol. The zero-order chi connectivity index (χ0) is 19.4. The van der Waals surface area contributed by atoms with Crippen molar-refractivity contribution in [3.63, 3.8) is 0 Å². The summed E-state index contributed by atoms with van der Waals surface area (Å²) in [5, 5.41) is 3.19. The number of ether oxygens (including phenoxy) is 4. The van der Waals surface area contributed by atoms with Gasteiger partial charge in [0, 0.05) is 16.8 Å². The van der Waals surface area contributed by atoms with Gasteiger partial charge in [-0.25, -0.2) is 4.79 Å². The molecule has 1 amide bonds. The van der Waals surface area contributed by atoms with E-state index < -0.39 is 24.1 Å². The maximum absolute atomic E-state index is 12.3. The van der Waals surface area contributed by atoms with Crippen LogP contribution >= 0.6 is 11.6 Å². The lowest BCUT2D eigenvalue weighted by Crippen LogP contribution is -2.41. The second kappa shape index (κ2) is 7.75. The van der Waals surface area contributed by atoms with Gasteiger partial charge in [-0.1, -0.05) is 11.6 Å². The number of hydrogen-bond donors (Lipinski definition) is 1. The quantitative estimate of drug-likeness (QED) is 0.760. The zero-order valence-electron chi connectivity index (χ0n) is 14.8. The average Bonchev–Trinajstić information content (AvgIpc) is 3.09. The molecule has 0 spiro atoms. The monoisotopic (exact) mass is 391 g/mol. The molecule has 1 N–H and O–H groups in total. The number of carbonyl (C=O) groups excluding carboxylic acids is 2. The Hall–Kier alpha value is -2.93. The highest BCUT2D eigenvalue weighted by atomic mass is 35.5. The molecule has 0 atom stereocenters. The molecule has 0 fully saturated rings. The van der Waals surface area contributed by atoms with E-state index in [2.05, 4.69) is 5.32 Å². The molecule has 1 aliphatic heterocycles. The van der Waals surface area contributed by atoms with Crippen molar-refractivity contribution in [1.82, 2.24) is 0 Å². The van der Waals surface area contributed by atoms with Gasteiger partial charge in [0.05, 0.1) is 0 Å². The van der Waals surface area contributed by atoms with Crippen LogP contribution in [0.3, 0.4) is 0 Å². The topological polar surface area (TPSA) is 83.1 Å². The van der Waals surface area contributed by atoms with E-state index in [1.54, 1.807) is 56.3 Å². The molecule has 7 nitrogen and oxygen atoms in total. The molecule has 0 unspecified atom stereocenters. The molecule has 0 radical (unpaired) electrons. The van der Waals surface area contributed by atoms with Crippen molar-refractivity contribution in [2.45, 2.75) is 19.4 Å². The molecule has 1 aliphatic rings. The average molecular weight is 392 g/mol. The number of benzene rings is 2. The maximum Gasteiger partial charge on any atom is 0.350 e. The van der Waals surface area contributed by atoms with Crippen LogP contribution in [0, 0.1) is 0 Å². The molecule has 0 aliphatic carbocycles. The van der Waals surface area contributed by atoms with Gasteiger partial charge in [0.25, 0.3) is 5.91 Å². The van der Waals surface area contributed by atoms with Gasteiger partial charge in [-0.15, -0.1) is 0 Å². The van der Waals surface area contributed by atoms with E-state index in [1.807, 2.05) is 0 Å². The minimum atomic E-state index is -1.27. The van der Waals surface area contributed by atoms with Crippen molar-refractivity contribution in [1.29, 1.82) is 0 Å². The molecule has 0 bridgehead atoms. The fourth-order valence-electron chi connectivity index (χ4n) is 2.32. The summed E-state index contributed by atoms with van der Waals surface area (Å²) in [6.45, 7) is 2.81. The lowest BCUT2D eigenvalue weighted by molar-refractivity contribution is -0.161. The molecule has 0 aromatic heterocycles. The second-order valence-electron chi connectivity index (χ2n) is 6.26. The third-order valence-electron chi connectivity index (χ3n) is 3.67. The number of carbonyl (C=O) groups is 2. The van der Waals surface area contributed by atoms with Crippen LogP contribution in [0.25, 0.3) is 0 Å². The smallest absolute Gasteiger partial charge is 0.350 e. The van der Waals surface area contributed by atoms with Crippen molar-refractivity contribution >= 4 is 29.2 Å². The van der Waals surface area contributed by atoms with Crippen LogP contribution in [-0.4, -0.2) is 30.9 Å². The van der Waals surface area contributed by atoms with Crippen molar-refractivity contribution in [3.8, 4) is 17.2 Å². The number of esters is 1. The summed E-state index contributed by atoms with van der Waals surface area (Å²) in [5.74, 6) is 0.469. The molecule has 0 saturated carbocycles. The lowest BCUT2D eigenvalue weighted by Gasteiger charge is -2.24.